The summed E-state index contributed by atoms with van der Waals surface area (Å²) in [6.45, 7) is 2.50. The van der Waals surface area contributed by atoms with Gasteiger partial charge in [-0.2, -0.15) is 0 Å². The van der Waals surface area contributed by atoms with Gasteiger partial charge in [0.2, 0.25) is 0 Å². The molecule has 6 nitrogen and oxygen atoms in total. The number of anilines is 2. The van der Waals surface area contributed by atoms with Crippen molar-refractivity contribution in [3.63, 3.8) is 0 Å². The molecule has 3 aromatic rings. The van der Waals surface area contributed by atoms with Crippen LogP contribution in [0.1, 0.15) is 21.5 Å². The van der Waals surface area contributed by atoms with Gasteiger partial charge in [0.15, 0.2) is 0 Å². The van der Waals surface area contributed by atoms with Crippen LogP contribution < -0.4 is 20.1 Å². The predicted molar refractivity (Wildman–Crippen MR) is 109 cm³/mol. The molecule has 0 aliphatic rings. The Balaban J connectivity index is 1.65. The number of aromatic nitrogens is 1. The minimum absolute atomic E-state index is 0.167. The zero-order valence-electron chi connectivity index (χ0n) is 16.2. The van der Waals surface area contributed by atoms with Crippen LogP contribution in [-0.2, 0) is 6.54 Å². The Hall–Kier alpha value is -3.54. The number of carbonyl (C=O) groups is 1. The molecule has 0 saturated heterocycles. The van der Waals surface area contributed by atoms with E-state index < -0.39 is 0 Å². The van der Waals surface area contributed by atoms with Crippen molar-refractivity contribution >= 4 is 17.4 Å². The second kappa shape index (κ2) is 8.90. The molecule has 1 amide bonds. The number of aryl methyl sites for hydroxylation is 1. The number of nitrogens with one attached hydrogen (secondary N) is 2. The Labute approximate surface area is 164 Å². The van der Waals surface area contributed by atoms with Gasteiger partial charge in [-0.3, -0.25) is 4.79 Å². The first-order valence-electron chi connectivity index (χ1n) is 8.88. The number of pyridine rings is 1. The molecule has 0 saturated carbocycles. The summed E-state index contributed by atoms with van der Waals surface area (Å²) in [6.07, 6.45) is 1.54. The fraction of sp³-hybridized carbons (Fsp3) is 0.182. The van der Waals surface area contributed by atoms with Gasteiger partial charge in [-0.15, -0.1) is 0 Å². The van der Waals surface area contributed by atoms with E-state index in [2.05, 4.69) is 15.6 Å². The van der Waals surface area contributed by atoms with Crippen LogP contribution in [0.2, 0.25) is 0 Å². The number of carbonyl (C=O) groups excluding carboxylic acids is 1. The summed E-state index contributed by atoms with van der Waals surface area (Å²) in [4.78, 5) is 16.7. The number of hydrogen-bond acceptors (Lipinski definition) is 5. The lowest BCUT2D eigenvalue weighted by Crippen LogP contribution is -2.22. The van der Waals surface area contributed by atoms with Crippen LogP contribution >= 0.6 is 0 Å². The maximum atomic E-state index is 12.3. The Morgan fingerprint density at radius 3 is 2.57 bits per heavy atom. The van der Waals surface area contributed by atoms with Gasteiger partial charge in [-0.25, -0.2) is 4.98 Å². The van der Waals surface area contributed by atoms with Crippen molar-refractivity contribution in [1.82, 2.24) is 10.3 Å². The summed E-state index contributed by atoms with van der Waals surface area (Å²) in [5.74, 6) is 1.80. The Kier molecular flexibility index (Phi) is 6.11. The van der Waals surface area contributed by atoms with Crippen molar-refractivity contribution in [2.45, 2.75) is 13.5 Å². The maximum Gasteiger partial charge on any atom is 0.253 e. The third-order valence-corrected chi connectivity index (χ3v) is 4.23. The van der Waals surface area contributed by atoms with E-state index in [-0.39, 0.29) is 5.91 Å². The van der Waals surface area contributed by atoms with Gasteiger partial charge in [-0.1, -0.05) is 29.8 Å². The Morgan fingerprint density at radius 2 is 1.89 bits per heavy atom. The average molecular weight is 377 g/mol. The third kappa shape index (κ3) is 4.79. The summed E-state index contributed by atoms with van der Waals surface area (Å²) in [7, 11) is 3.20. The maximum absolute atomic E-state index is 12.3. The van der Waals surface area contributed by atoms with Crippen LogP contribution in [0.5, 0.6) is 11.5 Å². The molecule has 0 fully saturated rings. The predicted octanol–water partition coefficient (Wildman–Crippen LogP) is 4.08. The van der Waals surface area contributed by atoms with E-state index in [4.69, 9.17) is 9.47 Å². The molecule has 0 aliphatic heterocycles. The van der Waals surface area contributed by atoms with E-state index in [1.807, 2.05) is 49.4 Å². The second-order valence-corrected chi connectivity index (χ2v) is 6.30. The minimum atomic E-state index is -0.167. The lowest BCUT2D eigenvalue weighted by Gasteiger charge is -2.12. The number of rotatable bonds is 7. The molecule has 0 unspecified atom stereocenters. The van der Waals surface area contributed by atoms with E-state index in [1.54, 1.807) is 32.5 Å². The van der Waals surface area contributed by atoms with Crippen molar-refractivity contribution in [3.8, 4) is 11.5 Å². The molecule has 3 rings (SSSR count). The lowest BCUT2D eigenvalue weighted by atomic mass is 10.1. The molecule has 2 N–H and O–H groups in total. The standard InChI is InChI=1S/C22H23N3O3/c1-15-5-4-6-16(11-15)13-24-22(26)17-7-10-21(23-14-17)25-19-12-18(27-2)8-9-20(19)28-3/h4-12,14H,13H2,1-3H3,(H,23,25)(H,24,26). The van der Waals surface area contributed by atoms with Gasteiger partial charge in [-0.05, 0) is 36.8 Å². The number of ether oxygens (including phenoxy) is 2. The molecule has 0 spiro atoms. The first kappa shape index (κ1) is 19.2. The van der Waals surface area contributed by atoms with Crippen LogP contribution in [0, 0.1) is 6.92 Å². The number of methoxy groups -OCH3 is 2. The molecule has 28 heavy (non-hydrogen) atoms. The van der Waals surface area contributed by atoms with E-state index >= 15 is 0 Å². The third-order valence-electron chi connectivity index (χ3n) is 4.23. The number of nitrogens with zero attached hydrogens (tertiary/aromatic N) is 1. The molecule has 6 heteroatoms. The Morgan fingerprint density at radius 1 is 1.04 bits per heavy atom. The molecular formula is C22H23N3O3. The minimum Gasteiger partial charge on any atom is -0.497 e. The number of benzene rings is 2. The van der Waals surface area contributed by atoms with Gasteiger partial charge in [0.05, 0.1) is 25.5 Å². The molecule has 1 heterocycles. The average Bonchev–Trinajstić information content (AvgIpc) is 2.72. The highest BCUT2D eigenvalue weighted by Crippen LogP contribution is 2.30. The van der Waals surface area contributed by atoms with Crippen LogP contribution in [-0.4, -0.2) is 25.1 Å². The summed E-state index contributed by atoms with van der Waals surface area (Å²) < 4.78 is 10.6. The molecular weight excluding hydrogens is 354 g/mol. The van der Waals surface area contributed by atoms with Gasteiger partial charge in [0.1, 0.15) is 17.3 Å². The highest BCUT2D eigenvalue weighted by molar-refractivity contribution is 5.94. The topological polar surface area (TPSA) is 72.5 Å². The zero-order chi connectivity index (χ0) is 19.9. The highest BCUT2D eigenvalue weighted by atomic mass is 16.5. The van der Waals surface area contributed by atoms with Crippen molar-refractivity contribution in [3.05, 3.63) is 77.5 Å². The second-order valence-electron chi connectivity index (χ2n) is 6.30. The fourth-order valence-corrected chi connectivity index (χ4v) is 2.76. The smallest absolute Gasteiger partial charge is 0.253 e. The van der Waals surface area contributed by atoms with Crippen LogP contribution in [0.15, 0.2) is 60.8 Å². The molecule has 0 atom stereocenters. The first-order valence-corrected chi connectivity index (χ1v) is 8.88. The summed E-state index contributed by atoms with van der Waals surface area (Å²) in [5.41, 5.74) is 3.45. The van der Waals surface area contributed by atoms with Crippen molar-refractivity contribution in [2.24, 2.45) is 0 Å². The highest BCUT2D eigenvalue weighted by Gasteiger charge is 2.09. The molecule has 0 radical (unpaired) electrons. The summed E-state index contributed by atoms with van der Waals surface area (Å²) in [5, 5.41) is 6.09. The Bertz CT molecular complexity index is 955. The van der Waals surface area contributed by atoms with E-state index in [1.165, 1.54) is 0 Å². The largest absolute Gasteiger partial charge is 0.497 e. The first-order chi connectivity index (χ1) is 13.6. The molecule has 0 bridgehead atoms. The van der Waals surface area contributed by atoms with Crippen molar-refractivity contribution < 1.29 is 14.3 Å². The van der Waals surface area contributed by atoms with Gasteiger partial charge in [0, 0.05) is 18.8 Å². The summed E-state index contributed by atoms with van der Waals surface area (Å²) in [6, 6.07) is 17.0. The number of amides is 1. The zero-order valence-corrected chi connectivity index (χ0v) is 16.2. The van der Waals surface area contributed by atoms with E-state index in [0.29, 0.717) is 29.4 Å². The van der Waals surface area contributed by atoms with E-state index in [0.717, 1.165) is 16.8 Å². The fourth-order valence-electron chi connectivity index (χ4n) is 2.76. The van der Waals surface area contributed by atoms with Crippen LogP contribution in [0.25, 0.3) is 0 Å². The van der Waals surface area contributed by atoms with E-state index in [9.17, 15) is 4.79 Å². The molecule has 0 aliphatic carbocycles. The van der Waals surface area contributed by atoms with Crippen molar-refractivity contribution in [1.29, 1.82) is 0 Å². The monoisotopic (exact) mass is 377 g/mol. The molecule has 1 aromatic heterocycles. The summed E-state index contributed by atoms with van der Waals surface area (Å²) >= 11 is 0. The molecule has 144 valence electrons. The quantitative estimate of drug-likeness (QED) is 0.649. The van der Waals surface area contributed by atoms with Gasteiger partial charge in [0.25, 0.3) is 5.91 Å². The molecule has 2 aromatic carbocycles. The lowest BCUT2D eigenvalue weighted by molar-refractivity contribution is 0.0950. The van der Waals surface area contributed by atoms with Gasteiger partial charge < -0.3 is 20.1 Å². The SMILES string of the molecule is COc1ccc(OC)c(Nc2ccc(C(=O)NCc3cccc(C)c3)cn2)c1. The van der Waals surface area contributed by atoms with Crippen LogP contribution in [0.4, 0.5) is 11.5 Å². The van der Waals surface area contributed by atoms with Crippen molar-refractivity contribution in [2.75, 3.05) is 19.5 Å². The normalized spacial score (nSPS) is 10.2. The van der Waals surface area contributed by atoms with Gasteiger partial charge >= 0.3 is 0 Å². The number of hydrogen-bond donors (Lipinski definition) is 2. The van der Waals surface area contributed by atoms with Crippen LogP contribution in [0.3, 0.4) is 0 Å².